The van der Waals surface area contributed by atoms with Crippen molar-refractivity contribution in [2.45, 2.75) is 34.2 Å². The van der Waals surface area contributed by atoms with Gasteiger partial charge in [0.15, 0.2) is 0 Å². The molecule has 0 saturated carbocycles. The Hall–Kier alpha value is -1.87. The molecular weight excluding hydrogens is 246 g/mol. The highest BCUT2D eigenvalue weighted by Gasteiger charge is 2.13. The van der Waals surface area contributed by atoms with Crippen LogP contribution in [-0.4, -0.2) is 12.0 Å². The fraction of sp³-hybridized carbons (Fsp3) is 0.353. The molecule has 2 aromatic rings. The Morgan fingerprint density at radius 3 is 2.15 bits per heavy atom. The van der Waals surface area contributed by atoms with E-state index in [0.717, 1.165) is 22.6 Å². The Labute approximate surface area is 121 Å². The lowest BCUT2D eigenvalue weighted by Crippen LogP contribution is -2.16. The molecule has 0 radical (unpaired) electrons. The largest absolute Gasteiger partial charge is 0.344 e. The van der Waals surface area contributed by atoms with Gasteiger partial charge in [-0.3, -0.25) is 4.98 Å². The normalized spacial score (nSPS) is 10.7. The first-order chi connectivity index (χ1) is 9.42. The molecule has 0 aliphatic rings. The van der Waals surface area contributed by atoms with Gasteiger partial charge < -0.3 is 10.6 Å². The molecule has 1 heterocycles. The zero-order valence-electron chi connectivity index (χ0n) is 13.0. The summed E-state index contributed by atoms with van der Waals surface area (Å²) in [5.74, 6) is 0. The van der Waals surface area contributed by atoms with Crippen LogP contribution in [0.25, 0.3) is 0 Å². The van der Waals surface area contributed by atoms with E-state index >= 15 is 0 Å². The van der Waals surface area contributed by atoms with Gasteiger partial charge in [0, 0.05) is 41.9 Å². The van der Waals surface area contributed by atoms with E-state index in [1.807, 2.05) is 13.8 Å². The first-order valence-electron chi connectivity index (χ1n) is 6.91. The smallest absolute Gasteiger partial charge is 0.0490 e. The Morgan fingerprint density at radius 2 is 1.60 bits per heavy atom. The molecule has 0 bridgehead atoms. The van der Waals surface area contributed by atoms with Crippen LogP contribution in [0, 0.1) is 27.7 Å². The average molecular weight is 269 g/mol. The minimum absolute atomic E-state index is 0.504. The highest BCUT2D eigenvalue weighted by atomic mass is 15.1. The zero-order valence-corrected chi connectivity index (χ0v) is 13.0. The number of hydrogen-bond acceptors (Lipinski definition) is 3. The van der Waals surface area contributed by atoms with Gasteiger partial charge in [-0.1, -0.05) is 6.07 Å². The van der Waals surface area contributed by atoms with E-state index in [4.69, 9.17) is 5.73 Å². The fourth-order valence-corrected chi connectivity index (χ4v) is 2.67. The molecule has 20 heavy (non-hydrogen) atoms. The van der Waals surface area contributed by atoms with Gasteiger partial charge in [0.2, 0.25) is 0 Å². The molecule has 0 saturated heterocycles. The molecule has 3 nitrogen and oxygen atoms in total. The van der Waals surface area contributed by atoms with Crippen LogP contribution < -0.4 is 10.6 Å². The minimum Gasteiger partial charge on any atom is -0.344 e. The van der Waals surface area contributed by atoms with Crippen molar-refractivity contribution in [3.8, 4) is 0 Å². The van der Waals surface area contributed by atoms with Gasteiger partial charge >= 0.3 is 0 Å². The van der Waals surface area contributed by atoms with E-state index in [0.29, 0.717) is 6.54 Å². The van der Waals surface area contributed by atoms with E-state index in [1.54, 1.807) is 0 Å². The van der Waals surface area contributed by atoms with Crippen molar-refractivity contribution in [2.24, 2.45) is 5.73 Å². The van der Waals surface area contributed by atoms with Crippen LogP contribution in [-0.2, 0) is 6.54 Å². The number of benzene rings is 1. The highest BCUT2D eigenvalue weighted by molar-refractivity contribution is 5.68. The van der Waals surface area contributed by atoms with E-state index in [9.17, 15) is 0 Å². The summed E-state index contributed by atoms with van der Waals surface area (Å²) in [5.41, 5.74) is 13.9. The van der Waals surface area contributed by atoms with Crippen molar-refractivity contribution < 1.29 is 0 Å². The number of anilines is 2. The van der Waals surface area contributed by atoms with Crippen LogP contribution in [0.15, 0.2) is 24.3 Å². The Morgan fingerprint density at radius 1 is 1.00 bits per heavy atom. The van der Waals surface area contributed by atoms with Crippen LogP contribution in [0.1, 0.15) is 28.1 Å². The predicted molar refractivity (Wildman–Crippen MR) is 85.6 cm³/mol. The Balaban J connectivity index is 2.55. The molecule has 2 rings (SSSR count). The maximum Gasteiger partial charge on any atom is 0.0490 e. The first kappa shape index (κ1) is 14.5. The molecule has 0 aliphatic heterocycles. The van der Waals surface area contributed by atoms with Gasteiger partial charge in [-0.25, -0.2) is 0 Å². The number of aromatic nitrogens is 1. The van der Waals surface area contributed by atoms with Crippen LogP contribution in [0.2, 0.25) is 0 Å². The molecule has 0 atom stereocenters. The lowest BCUT2D eigenvalue weighted by Gasteiger charge is -2.24. The Kier molecular flexibility index (Phi) is 4.09. The van der Waals surface area contributed by atoms with Gasteiger partial charge in [-0.15, -0.1) is 0 Å². The molecule has 0 fully saturated rings. The van der Waals surface area contributed by atoms with Gasteiger partial charge in [-0.05, 0) is 57.0 Å². The number of aryl methyl sites for hydroxylation is 4. The number of nitrogens with zero attached hydrogens (tertiary/aromatic N) is 2. The van der Waals surface area contributed by atoms with E-state index in [2.05, 4.69) is 55.0 Å². The number of rotatable bonds is 3. The molecule has 0 unspecified atom stereocenters. The number of hydrogen-bond donors (Lipinski definition) is 1. The first-order valence-corrected chi connectivity index (χ1v) is 6.91. The topological polar surface area (TPSA) is 42.2 Å². The summed E-state index contributed by atoms with van der Waals surface area (Å²) in [6.07, 6.45) is 0. The van der Waals surface area contributed by atoms with Crippen molar-refractivity contribution >= 4 is 11.4 Å². The standard InChI is InChI=1S/C17H23N3/c1-11-6-12(2)8-15(7-11)20(5)17-9-13(3)19-14(4)16(17)10-18/h6-9H,10,18H2,1-5H3. The van der Waals surface area contributed by atoms with E-state index < -0.39 is 0 Å². The van der Waals surface area contributed by atoms with Crippen molar-refractivity contribution in [1.82, 2.24) is 4.98 Å². The SMILES string of the molecule is Cc1cc(C)cc(N(C)c2cc(C)nc(C)c2CN)c1. The van der Waals surface area contributed by atoms with Crippen LogP contribution in [0.3, 0.4) is 0 Å². The molecule has 3 heteroatoms. The highest BCUT2D eigenvalue weighted by Crippen LogP contribution is 2.30. The molecule has 0 spiro atoms. The number of nitrogens with two attached hydrogens (primary N) is 1. The van der Waals surface area contributed by atoms with Crippen LogP contribution in [0.4, 0.5) is 11.4 Å². The maximum absolute atomic E-state index is 5.91. The van der Waals surface area contributed by atoms with Gasteiger partial charge in [0.1, 0.15) is 0 Å². The Bertz CT molecular complexity index is 612. The summed E-state index contributed by atoms with van der Waals surface area (Å²) in [5, 5.41) is 0. The molecule has 106 valence electrons. The van der Waals surface area contributed by atoms with Gasteiger partial charge in [-0.2, -0.15) is 0 Å². The molecule has 1 aromatic carbocycles. The van der Waals surface area contributed by atoms with Gasteiger partial charge in [0.25, 0.3) is 0 Å². The van der Waals surface area contributed by atoms with Crippen molar-refractivity contribution in [3.05, 3.63) is 52.3 Å². The van der Waals surface area contributed by atoms with Crippen molar-refractivity contribution in [3.63, 3.8) is 0 Å². The van der Waals surface area contributed by atoms with Gasteiger partial charge in [0.05, 0.1) is 0 Å². The third kappa shape index (κ3) is 2.83. The number of pyridine rings is 1. The third-order valence-electron chi connectivity index (χ3n) is 3.59. The lowest BCUT2D eigenvalue weighted by molar-refractivity contribution is 0.973. The minimum atomic E-state index is 0.504. The zero-order chi connectivity index (χ0) is 14.9. The third-order valence-corrected chi connectivity index (χ3v) is 3.59. The maximum atomic E-state index is 5.91. The fourth-order valence-electron chi connectivity index (χ4n) is 2.67. The quantitative estimate of drug-likeness (QED) is 0.926. The van der Waals surface area contributed by atoms with E-state index in [-0.39, 0.29) is 0 Å². The summed E-state index contributed by atoms with van der Waals surface area (Å²) < 4.78 is 0. The van der Waals surface area contributed by atoms with Crippen LogP contribution in [0.5, 0.6) is 0 Å². The second kappa shape index (κ2) is 5.63. The molecule has 0 amide bonds. The predicted octanol–water partition coefficient (Wildman–Crippen LogP) is 3.54. The second-order valence-corrected chi connectivity index (χ2v) is 5.46. The monoisotopic (exact) mass is 269 g/mol. The average Bonchev–Trinajstić information content (AvgIpc) is 2.35. The summed E-state index contributed by atoms with van der Waals surface area (Å²) in [6, 6.07) is 8.67. The molecule has 0 aliphatic carbocycles. The van der Waals surface area contributed by atoms with E-state index in [1.165, 1.54) is 16.8 Å². The van der Waals surface area contributed by atoms with Crippen LogP contribution >= 0.6 is 0 Å². The summed E-state index contributed by atoms with van der Waals surface area (Å²) in [4.78, 5) is 6.71. The second-order valence-electron chi connectivity index (χ2n) is 5.46. The molecule has 2 N–H and O–H groups in total. The summed E-state index contributed by atoms with van der Waals surface area (Å²) >= 11 is 0. The lowest BCUT2D eigenvalue weighted by atomic mass is 10.1. The van der Waals surface area contributed by atoms with Crippen molar-refractivity contribution in [2.75, 3.05) is 11.9 Å². The molecule has 1 aromatic heterocycles. The molecular formula is C17H23N3. The summed E-state index contributed by atoms with van der Waals surface area (Å²) in [7, 11) is 2.08. The summed E-state index contributed by atoms with van der Waals surface area (Å²) in [6.45, 7) is 8.79. The van der Waals surface area contributed by atoms with Crippen molar-refractivity contribution in [1.29, 1.82) is 0 Å².